The van der Waals surface area contributed by atoms with E-state index in [2.05, 4.69) is 20.8 Å². The van der Waals surface area contributed by atoms with Crippen molar-refractivity contribution in [3.05, 3.63) is 54.2 Å². The normalized spacial score (nSPS) is 11.9. The van der Waals surface area contributed by atoms with E-state index in [9.17, 15) is 9.18 Å². The van der Waals surface area contributed by atoms with Crippen LogP contribution < -0.4 is 10.6 Å². The maximum Gasteiger partial charge on any atom is 0.233 e. The lowest BCUT2D eigenvalue weighted by Crippen LogP contribution is -2.30. The van der Waals surface area contributed by atoms with Crippen LogP contribution in [0.25, 0.3) is 0 Å². The van der Waals surface area contributed by atoms with E-state index < -0.39 is 0 Å². The fourth-order valence-electron chi connectivity index (χ4n) is 1.92. The molecule has 25 heavy (non-hydrogen) atoms. The van der Waals surface area contributed by atoms with E-state index >= 15 is 0 Å². The molecule has 2 N–H and O–H groups in total. The van der Waals surface area contributed by atoms with Crippen molar-refractivity contribution in [3.63, 3.8) is 0 Å². The van der Waals surface area contributed by atoms with Crippen LogP contribution >= 0.6 is 23.1 Å². The molecule has 130 valence electrons. The second kappa shape index (κ2) is 8.13. The van der Waals surface area contributed by atoms with Crippen molar-refractivity contribution in [2.24, 2.45) is 0 Å². The highest BCUT2D eigenvalue weighted by molar-refractivity contribution is 8.02. The summed E-state index contributed by atoms with van der Waals surface area (Å²) < 4.78 is 19.4. The van der Waals surface area contributed by atoms with Crippen LogP contribution in [0.3, 0.4) is 0 Å². The number of para-hydroxylation sites is 1. The number of amides is 1. The number of halogens is 1. The lowest BCUT2D eigenvalue weighted by molar-refractivity contribution is -0.120. The molecule has 2 aromatic heterocycles. The Kier molecular flexibility index (Phi) is 5.67. The predicted octanol–water partition coefficient (Wildman–Crippen LogP) is 3.81. The first kappa shape index (κ1) is 17.4. The van der Waals surface area contributed by atoms with Gasteiger partial charge in [-0.1, -0.05) is 35.2 Å². The summed E-state index contributed by atoms with van der Waals surface area (Å²) in [4.78, 5) is 12.1. The molecule has 6 nitrogen and oxygen atoms in total. The van der Waals surface area contributed by atoms with Gasteiger partial charge in [-0.2, -0.15) is 0 Å². The van der Waals surface area contributed by atoms with E-state index in [1.807, 2.05) is 0 Å². The van der Waals surface area contributed by atoms with E-state index in [1.165, 1.54) is 29.2 Å². The van der Waals surface area contributed by atoms with Gasteiger partial charge in [0.1, 0.15) is 11.6 Å². The molecule has 1 amide bonds. The van der Waals surface area contributed by atoms with Crippen molar-refractivity contribution in [1.29, 1.82) is 0 Å². The predicted molar refractivity (Wildman–Crippen MR) is 95.5 cm³/mol. The second-order valence-electron chi connectivity index (χ2n) is 5.04. The van der Waals surface area contributed by atoms with Gasteiger partial charge >= 0.3 is 0 Å². The first-order valence-corrected chi connectivity index (χ1v) is 9.13. The Morgan fingerprint density at radius 1 is 1.32 bits per heavy atom. The lowest BCUT2D eigenvalue weighted by atomic mass is 10.3. The lowest BCUT2D eigenvalue weighted by Gasteiger charge is -2.08. The molecule has 1 atom stereocenters. The molecule has 2 heterocycles. The smallest absolute Gasteiger partial charge is 0.233 e. The Morgan fingerprint density at radius 2 is 2.16 bits per heavy atom. The number of nitrogens with one attached hydrogen (secondary N) is 2. The molecule has 0 aliphatic rings. The molecule has 0 bridgehead atoms. The summed E-state index contributed by atoms with van der Waals surface area (Å²) in [5.41, 5.74) is 0.333. The third kappa shape index (κ3) is 4.80. The van der Waals surface area contributed by atoms with Crippen LogP contribution in [0.2, 0.25) is 0 Å². The zero-order valence-corrected chi connectivity index (χ0v) is 14.9. The van der Waals surface area contributed by atoms with Crippen molar-refractivity contribution in [3.8, 4) is 0 Å². The van der Waals surface area contributed by atoms with Crippen LogP contribution in [0.5, 0.6) is 0 Å². The third-order valence-corrected chi connectivity index (χ3v) is 5.21. The van der Waals surface area contributed by atoms with Crippen molar-refractivity contribution in [2.75, 3.05) is 5.32 Å². The SMILES string of the molecule is C[C@@H](Sc1nnc(Nc2ccccc2F)s1)C(=O)NCc1ccco1. The quantitative estimate of drug-likeness (QED) is 0.609. The highest BCUT2D eigenvalue weighted by atomic mass is 32.2. The summed E-state index contributed by atoms with van der Waals surface area (Å²) in [5, 5.41) is 13.8. The Hall–Kier alpha value is -2.39. The molecular weight excluding hydrogens is 363 g/mol. The van der Waals surface area contributed by atoms with Crippen LogP contribution in [-0.4, -0.2) is 21.4 Å². The van der Waals surface area contributed by atoms with Gasteiger partial charge in [0.2, 0.25) is 11.0 Å². The molecule has 0 saturated carbocycles. The number of furan rings is 1. The number of carbonyl (C=O) groups is 1. The highest BCUT2D eigenvalue weighted by Crippen LogP contribution is 2.30. The maximum absolute atomic E-state index is 13.6. The Balaban J connectivity index is 1.53. The fraction of sp³-hybridized carbons (Fsp3) is 0.188. The minimum Gasteiger partial charge on any atom is -0.467 e. The summed E-state index contributed by atoms with van der Waals surface area (Å²) in [7, 11) is 0. The molecule has 0 radical (unpaired) electrons. The zero-order valence-electron chi connectivity index (χ0n) is 13.2. The zero-order chi connectivity index (χ0) is 17.6. The summed E-state index contributed by atoms with van der Waals surface area (Å²) in [5.74, 6) is 0.204. The van der Waals surface area contributed by atoms with E-state index in [0.717, 1.165) is 0 Å². The minimum absolute atomic E-state index is 0.125. The van der Waals surface area contributed by atoms with Crippen molar-refractivity contribution in [1.82, 2.24) is 15.5 Å². The van der Waals surface area contributed by atoms with Gasteiger partial charge in [0.05, 0.1) is 23.7 Å². The number of hydrogen-bond acceptors (Lipinski definition) is 7. The maximum atomic E-state index is 13.6. The van der Waals surface area contributed by atoms with Crippen LogP contribution in [0, 0.1) is 5.82 Å². The average molecular weight is 378 g/mol. The highest BCUT2D eigenvalue weighted by Gasteiger charge is 2.17. The number of benzene rings is 1. The molecule has 0 spiro atoms. The first-order chi connectivity index (χ1) is 12.1. The molecular formula is C16H15FN4O2S2. The molecule has 0 saturated heterocycles. The van der Waals surface area contributed by atoms with Gasteiger partial charge in [0.15, 0.2) is 4.34 Å². The standard InChI is InChI=1S/C16H15FN4O2S2/c1-10(14(22)18-9-11-5-4-8-23-11)24-16-21-20-15(25-16)19-13-7-3-2-6-12(13)17/h2-8,10H,9H2,1H3,(H,18,22)(H,19,20)/t10-/m1/s1. The second-order valence-corrected chi connectivity index (χ2v) is 7.60. The van der Waals surface area contributed by atoms with E-state index in [1.54, 1.807) is 43.5 Å². The summed E-state index contributed by atoms with van der Waals surface area (Å²) in [6, 6.07) is 9.89. The molecule has 0 aliphatic heterocycles. The van der Waals surface area contributed by atoms with Gasteiger partial charge < -0.3 is 15.1 Å². The summed E-state index contributed by atoms with van der Waals surface area (Å²) >= 11 is 2.56. The van der Waals surface area contributed by atoms with E-state index in [0.29, 0.717) is 27.5 Å². The average Bonchev–Trinajstić information content (AvgIpc) is 3.27. The Morgan fingerprint density at radius 3 is 2.92 bits per heavy atom. The van der Waals surface area contributed by atoms with E-state index in [-0.39, 0.29) is 17.0 Å². The first-order valence-electron chi connectivity index (χ1n) is 7.43. The number of aromatic nitrogens is 2. The van der Waals surface area contributed by atoms with Crippen LogP contribution in [-0.2, 0) is 11.3 Å². The van der Waals surface area contributed by atoms with Gasteiger partial charge in [0, 0.05) is 0 Å². The van der Waals surface area contributed by atoms with Crippen LogP contribution in [0.4, 0.5) is 15.2 Å². The van der Waals surface area contributed by atoms with Gasteiger partial charge in [-0.15, -0.1) is 10.2 Å². The number of hydrogen-bond donors (Lipinski definition) is 2. The van der Waals surface area contributed by atoms with Crippen molar-refractivity contribution in [2.45, 2.75) is 23.1 Å². The number of thioether (sulfide) groups is 1. The summed E-state index contributed by atoms with van der Waals surface area (Å²) in [6.07, 6.45) is 1.56. The Labute approximate surface area is 151 Å². The number of carbonyl (C=O) groups excluding carboxylic acids is 1. The third-order valence-electron chi connectivity index (χ3n) is 3.19. The molecule has 9 heteroatoms. The van der Waals surface area contributed by atoms with Crippen LogP contribution in [0.15, 0.2) is 51.4 Å². The topological polar surface area (TPSA) is 80.0 Å². The van der Waals surface area contributed by atoms with Crippen molar-refractivity contribution >= 4 is 39.8 Å². The molecule has 3 aromatic rings. The van der Waals surface area contributed by atoms with Gasteiger partial charge in [-0.3, -0.25) is 4.79 Å². The molecule has 3 rings (SSSR count). The monoisotopic (exact) mass is 378 g/mol. The molecule has 0 fully saturated rings. The van der Waals surface area contributed by atoms with Crippen LogP contribution in [0.1, 0.15) is 12.7 Å². The number of rotatable bonds is 7. The largest absolute Gasteiger partial charge is 0.467 e. The molecule has 1 aromatic carbocycles. The summed E-state index contributed by atoms with van der Waals surface area (Å²) in [6.45, 7) is 2.13. The van der Waals surface area contributed by atoms with Gasteiger partial charge in [-0.25, -0.2) is 4.39 Å². The molecule has 0 aliphatic carbocycles. The van der Waals surface area contributed by atoms with Gasteiger partial charge in [0.25, 0.3) is 0 Å². The minimum atomic E-state index is -0.363. The number of nitrogens with zero attached hydrogens (tertiary/aromatic N) is 2. The Bertz CT molecular complexity index is 838. The van der Waals surface area contributed by atoms with E-state index in [4.69, 9.17) is 4.42 Å². The molecule has 0 unspecified atom stereocenters. The number of anilines is 2. The van der Waals surface area contributed by atoms with Crippen molar-refractivity contribution < 1.29 is 13.6 Å². The van der Waals surface area contributed by atoms with Gasteiger partial charge in [-0.05, 0) is 31.2 Å². The fourth-order valence-corrected chi connectivity index (χ4v) is 3.85.